The molecule has 1 aliphatic carbocycles. The van der Waals surface area contributed by atoms with Crippen molar-refractivity contribution in [3.05, 3.63) is 51.2 Å². The van der Waals surface area contributed by atoms with Crippen LogP contribution in [0.25, 0.3) is 0 Å². The van der Waals surface area contributed by atoms with E-state index in [1.54, 1.807) is 0 Å². The second kappa shape index (κ2) is 7.97. The van der Waals surface area contributed by atoms with E-state index in [1.807, 2.05) is 4.68 Å². The topological polar surface area (TPSA) is 46.3 Å². The van der Waals surface area contributed by atoms with Crippen molar-refractivity contribution in [3.8, 4) is 0 Å². The van der Waals surface area contributed by atoms with Crippen LogP contribution in [-0.2, 0) is 26.2 Å². The third kappa shape index (κ3) is 3.65. The molecule has 2 fully saturated rings. The monoisotopic (exact) mass is 409 g/mol. The van der Waals surface area contributed by atoms with Crippen LogP contribution in [0.1, 0.15) is 61.0 Å². The van der Waals surface area contributed by atoms with Crippen LogP contribution in [0.3, 0.4) is 0 Å². The van der Waals surface area contributed by atoms with Crippen LogP contribution >= 0.6 is 0 Å². The molecule has 30 heavy (non-hydrogen) atoms. The predicted octanol–water partition coefficient (Wildman–Crippen LogP) is 2.98. The molecule has 3 aliphatic rings. The van der Waals surface area contributed by atoms with Crippen LogP contribution in [0.5, 0.6) is 0 Å². The van der Waals surface area contributed by atoms with Crippen molar-refractivity contribution in [2.45, 2.75) is 77.7 Å². The molecule has 0 spiro atoms. The Hall–Kier alpha value is -1.92. The average molecular weight is 410 g/mol. The summed E-state index contributed by atoms with van der Waals surface area (Å²) in [4.78, 5) is 18.3. The minimum Gasteiger partial charge on any atom is -0.312 e. The summed E-state index contributed by atoms with van der Waals surface area (Å²) in [6.07, 6.45) is 7.51. The second-order valence-corrected chi connectivity index (χ2v) is 9.80. The van der Waals surface area contributed by atoms with E-state index in [2.05, 4.69) is 58.7 Å². The number of hydrogen-bond donors (Lipinski definition) is 0. The Morgan fingerprint density at radius 2 is 1.93 bits per heavy atom. The van der Waals surface area contributed by atoms with E-state index >= 15 is 0 Å². The van der Waals surface area contributed by atoms with Gasteiger partial charge >= 0.3 is 0 Å². The van der Waals surface area contributed by atoms with Crippen molar-refractivity contribution in [1.29, 1.82) is 0 Å². The Morgan fingerprint density at radius 3 is 2.63 bits per heavy atom. The average Bonchev–Trinajstić information content (AvgIpc) is 3.02. The third-order valence-electron chi connectivity index (χ3n) is 7.55. The van der Waals surface area contributed by atoms with Gasteiger partial charge in [0.25, 0.3) is 5.56 Å². The van der Waals surface area contributed by atoms with Crippen LogP contribution < -0.4 is 5.56 Å². The first-order chi connectivity index (χ1) is 14.5. The summed E-state index contributed by atoms with van der Waals surface area (Å²) in [5.74, 6) is 1.16. The van der Waals surface area contributed by atoms with Crippen molar-refractivity contribution in [1.82, 2.24) is 24.1 Å². The van der Waals surface area contributed by atoms with E-state index in [0.717, 1.165) is 43.5 Å². The summed E-state index contributed by atoms with van der Waals surface area (Å²) in [6.45, 7) is 9.76. The first-order valence-corrected chi connectivity index (χ1v) is 11.7. The summed E-state index contributed by atoms with van der Waals surface area (Å²) >= 11 is 0. The van der Waals surface area contributed by atoms with E-state index in [9.17, 15) is 4.79 Å². The maximum Gasteiger partial charge on any atom is 0.255 e. The Balaban J connectivity index is 1.31. The van der Waals surface area contributed by atoms with Crippen molar-refractivity contribution < 1.29 is 0 Å². The van der Waals surface area contributed by atoms with Gasteiger partial charge in [-0.2, -0.15) is 5.10 Å². The molecule has 2 aliphatic heterocycles. The maximum absolute atomic E-state index is 13.3. The van der Waals surface area contributed by atoms with E-state index in [-0.39, 0.29) is 5.56 Å². The Morgan fingerprint density at radius 1 is 1.13 bits per heavy atom. The van der Waals surface area contributed by atoms with Gasteiger partial charge in [0.15, 0.2) is 0 Å². The number of pyridine rings is 1. The fourth-order valence-electron chi connectivity index (χ4n) is 5.71. The molecule has 5 rings (SSSR count). The number of aryl methyl sites for hydroxylation is 2. The zero-order chi connectivity index (χ0) is 20.8. The zero-order valence-electron chi connectivity index (χ0n) is 18.7. The molecule has 2 bridgehead atoms. The third-order valence-corrected chi connectivity index (χ3v) is 7.55. The molecule has 1 saturated heterocycles. The van der Waals surface area contributed by atoms with Gasteiger partial charge in [-0.3, -0.25) is 19.3 Å². The molecule has 0 unspecified atom stereocenters. The molecule has 4 heterocycles. The van der Waals surface area contributed by atoms with Gasteiger partial charge < -0.3 is 4.57 Å². The lowest BCUT2D eigenvalue weighted by atomic mass is 9.80. The zero-order valence-corrected chi connectivity index (χ0v) is 18.7. The Kier molecular flexibility index (Phi) is 5.31. The molecule has 0 aromatic carbocycles. The fourth-order valence-corrected chi connectivity index (χ4v) is 5.71. The molecule has 1 saturated carbocycles. The smallest absolute Gasteiger partial charge is 0.255 e. The fraction of sp³-hybridized carbons (Fsp3) is 0.667. The van der Waals surface area contributed by atoms with Gasteiger partial charge in [-0.05, 0) is 52.1 Å². The molecule has 2 aromatic heterocycles. The van der Waals surface area contributed by atoms with Crippen LogP contribution in [0, 0.1) is 12.8 Å². The Bertz CT molecular complexity index is 972. The number of aromatic nitrogens is 3. The second-order valence-electron chi connectivity index (χ2n) is 9.80. The lowest BCUT2D eigenvalue weighted by Gasteiger charge is -2.48. The van der Waals surface area contributed by atoms with Gasteiger partial charge in [0.2, 0.25) is 0 Å². The number of piperidine rings is 1. The van der Waals surface area contributed by atoms with Crippen LogP contribution in [-0.4, -0.2) is 50.3 Å². The normalized spacial score (nSPS) is 24.1. The summed E-state index contributed by atoms with van der Waals surface area (Å²) in [7, 11) is 2.09. The SMILES string of the molecule is CCn1cc(CN(C)Cc2ccc3n(c2=O)C[C@H]2C[C@@H]3CN(C3CCC3)C2)c(C)n1. The number of rotatable bonds is 6. The number of nitrogens with zero attached hydrogens (tertiary/aromatic N) is 5. The molecule has 0 N–H and O–H groups in total. The largest absolute Gasteiger partial charge is 0.312 e. The highest BCUT2D eigenvalue weighted by Crippen LogP contribution is 2.38. The van der Waals surface area contributed by atoms with Crippen molar-refractivity contribution >= 4 is 0 Å². The molecular weight excluding hydrogens is 374 g/mol. The molecule has 0 amide bonds. The summed E-state index contributed by atoms with van der Waals surface area (Å²) in [6, 6.07) is 5.15. The molecule has 0 radical (unpaired) electrons. The highest BCUT2D eigenvalue weighted by Gasteiger charge is 2.38. The highest BCUT2D eigenvalue weighted by molar-refractivity contribution is 5.23. The molecule has 6 nitrogen and oxygen atoms in total. The molecule has 2 atom stereocenters. The molecular formula is C24H35N5O. The van der Waals surface area contributed by atoms with Crippen LogP contribution in [0.2, 0.25) is 0 Å². The molecule has 2 aromatic rings. The number of hydrogen-bond acceptors (Lipinski definition) is 4. The first-order valence-electron chi connectivity index (χ1n) is 11.7. The van der Waals surface area contributed by atoms with Crippen LogP contribution in [0.4, 0.5) is 0 Å². The molecule has 6 heteroatoms. The summed E-state index contributed by atoms with van der Waals surface area (Å²) in [5.41, 5.74) is 4.73. The highest BCUT2D eigenvalue weighted by atomic mass is 16.1. The minimum absolute atomic E-state index is 0.229. The summed E-state index contributed by atoms with van der Waals surface area (Å²) < 4.78 is 4.10. The maximum atomic E-state index is 13.3. The van der Waals surface area contributed by atoms with Gasteiger partial charge in [0.05, 0.1) is 5.69 Å². The first kappa shape index (κ1) is 20.0. The molecule has 162 valence electrons. The van der Waals surface area contributed by atoms with Crippen LogP contribution in [0.15, 0.2) is 23.1 Å². The number of fused-ring (bicyclic) bond motifs is 4. The standard InChI is InChI=1S/C24H35N5O/c1-4-28-16-21(17(2)25-28)14-26(3)13-19-8-9-23-20-10-18(12-29(23)24(19)30)11-27(15-20)22-6-5-7-22/h8-9,16,18,20,22H,4-7,10-15H2,1-3H3/t18-,20+/m0/s1. The quantitative estimate of drug-likeness (QED) is 0.736. The van der Waals surface area contributed by atoms with Gasteiger partial charge in [-0.1, -0.05) is 12.5 Å². The summed E-state index contributed by atoms with van der Waals surface area (Å²) in [5, 5.41) is 4.55. The van der Waals surface area contributed by atoms with Crippen molar-refractivity contribution in [2.24, 2.45) is 5.92 Å². The lowest BCUT2D eigenvalue weighted by Crippen LogP contribution is -2.52. The minimum atomic E-state index is 0.229. The van der Waals surface area contributed by atoms with E-state index < -0.39 is 0 Å². The Labute approximate surface area is 179 Å². The van der Waals surface area contributed by atoms with E-state index in [0.29, 0.717) is 18.4 Å². The van der Waals surface area contributed by atoms with Gasteiger partial charge in [-0.25, -0.2) is 0 Å². The van der Waals surface area contributed by atoms with Gasteiger partial charge in [-0.15, -0.1) is 0 Å². The van der Waals surface area contributed by atoms with Gasteiger partial charge in [0.1, 0.15) is 0 Å². The van der Waals surface area contributed by atoms with E-state index in [4.69, 9.17) is 0 Å². The van der Waals surface area contributed by atoms with E-state index in [1.165, 1.54) is 43.5 Å². The predicted molar refractivity (Wildman–Crippen MR) is 119 cm³/mol. The lowest BCUT2D eigenvalue weighted by molar-refractivity contribution is 0.0475. The van der Waals surface area contributed by atoms with Crippen molar-refractivity contribution in [2.75, 3.05) is 20.1 Å². The van der Waals surface area contributed by atoms with Crippen molar-refractivity contribution in [3.63, 3.8) is 0 Å². The van der Waals surface area contributed by atoms with Gasteiger partial charge in [0, 0.05) is 74.2 Å². The number of likely N-dealkylation sites (tertiary alicyclic amines) is 1.